The van der Waals surface area contributed by atoms with Gasteiger partial charge in [0, 0.05) is 29.2 Å². The fourth-order valence-corrected chi connectivity index (χ4v) is 3.18. The van der Waals surface area contributed by atoms with Gasteiger partial charge >= 0.3 is 5.97 Å². The zero-order valence-corrected chi connectivity index (χ0v) is 16.3. The maximum absolute atomic E-state index is 12.5. The summed E-state index contributed by atoms with van der Waals surface area (Å²) in [6, 6.07) is 13.4. The first-order valence-corrected chi connectivity index (χ1v) is 9.21. The minimum Gasteiger partial charge on any atom is -0.497 e. The number of ketones is 1. The first-order chi connectivity index (χ1) is 13.4. The van der Waals surface area contributed by atoms with Gasteiger partial charge in [0.05, 0.1) is 13.0 Å². The number of halogens is 1. The number of carbonyl (C=O) groups is 3. The van der Waals surface area contributed by atoms with E-state index in [0.717, 1.165) is 0 Å². The van der Waals surface area contributed by atoms with Crippen molar-refractivity contribution in [3.63, 3.8) is 0 Å². The summed E-state index contributed by atoms with van der Waals surface area (Å²) in [5.41, 5.74) is 1.10. The smallest absolute Gasteiger partial charge is 0.312 e. The summed E-state index contributed by atoms with van der Waals surface area (Å²) < 4.78 is 10.4. The van der Waals surface area contributed by atoms with E-state index in [0.29, 0.717) is 22.0 Å². The molecule has 28 heavy (non-hydrogen) atoms. The van der Waals surface area contributed by atoms with Crippen LogP contribution in [0.1, 0.15) is 23.7 Å². The average Bonchev–Trinajstić information content (AvgIpc) is 3.10. The van der Waals surface area contributed by atoms with Crippen molar-refractivity contribution >= 4 is 34.9 Å². The lowest BCUT2D eigenvalue weighted by molar-refractivity contribution is -0.151. The van der Waals surface area contributed by atoms with Crippen LogP contribution in [0.2, 0.25) is 5.02 Å². The third-order valence-corrected chi connectivity index (χ3v) is 4.89. The van der Waals surface area contributed by atoms with E-state index in [-0.39, 0.29) is 24.7 Å². The third kappa shape index (κ3) is 4.34. The molecule has 2 atom stereocenters. The third-order valence-electron chi connectivity index (χ3n) is 4.63. The van der Waals surface area contributed by atoms with Gasteiger partial charge in [0.25, 0.3) is 0 Å². The number of hydrogen-bond donors (Lipinski definition) is 0. The standard InChI is InChI=1S/C21H20ClNO5/c1-13(20(25)14-3-9-18(27-2)10-4-14)28-21(26)15-11-19(24)23(12-15)17-7-5-16(22)6-8-17/h3-10,13,15H,11-12H2,1-2H3/t13-,15+/m1/s1. The molecule has 7 heteroatoms. The second-order valence-corrected chi connectivity index (χ2v) is 6.99. The van der Waals surface area contributed by atoms with E-state index in [9.17, 15) is 14.4 Å². The minimum atomic E-state index is -0.944. The average molecular weight is 402 g/mol. The molecule has 0 aliphatic carbocycles. The summed E-state index contributed by atoms with van der Waals surface area (Å²) in [5.74, 6) is -1.02. The van der Waals surface area contributed by atoms with Crippen LogP contribution in [0.5, 0.6) is 5.75 Å². The van der Waals surface area contributed by atoms with Gasteiger partial charge in [-0.05, 0) is 55.5 Å². The van der Waals surface area contributed by atoms with E-state index in [2.05, 4.69) is 0 Å². The highest BCUT2D eigenvalue weighted by Gasteiger charge is 2.37. The Hall–Kier alpha value is -2.86. The molecule has 1 amide bonds. The van der Waals surface area contributed by atoms with Crippen molar-refractivity contribution in [1.82, 2.24) is 0 Å². The lowest BCUT2D eigenvalue weighted by Gasteiger charge is -2.18. The van der Waals surface area contributed by atoms with Crippen LogP contribution >= 0.6 is 11.6 Å². The van der Waals surface area contributed by atoms with E-state index >= 15 is 0 Å². The molecule has 1 fully saturated rings. The number of rotatable bonds is 6. The molecule has 3 rings (SSSR count). The van der Waals surface area contributed by atoms with Crippen LogP contribution in [-0.2, 0) is 14.3 Å². The maximum atomic E-state index is 12.5. The van der Waals surface area contributed by atoms with E-state index in [1.165, 1.54) is 18.9 Å². The van der Waals surface area contributed by atoms with Crippen molar-refractivity contribution in [3.8, 4) is 5.75 Å². The summed E-state index contributed by atoms with van der Waals surface area (Å²) >= 11 is 5.87. The van der Waals surface area contributed by atoms with Crippen molar-refractivity contribution < 1.29 is 23.9 Å². The molecule has 0 aromatic heterocycles. The number of hydrogen-bond acceptors (Lipinski definition) is 5. The van der Waals surface area contributed by atoms with Gasteiger partial charge < -0.3 is 14.4 Å². The number of nitrogens with zero attached hydrogens (tertiary/aromatic N) is 1. The Morgan fingerprint density at radius 3 is 2.36 bits per heavy atom. The number of anilines is 1. The highest BCUT2D eigenvalue weighted by Crippen LogP contribution is 2.27. The van der Waals surface area contributed by atoms with Gasteiger partial charge in [-0.1, -0.05) is 11.6 Å². The quantitative estimate of drug-likeness (QED) is 0.547. The molecule has 146 valence electrons. The van der Waals surface area contributed by atoms with Gasteiger partial charge in [-0.2, -0.15) is 0 Å². The molecular formula is C21H20ClNO5. The fourth-order valence-electron chi connectivity index (χ4n) is 3.05. The van der Waals surface area contributed by atoms with Crippen LogP contribution in [0.4, 0.5) is 5.69 Å². The maximum Gasteiger partial charge on any atom is 0.312 e. The Labute approximate surface area is 168 Å². The van der Waals surface area contributed by atoms with Gasteiger partial charge in [0.15, 0.2) is 6.10 Å². The van der Waals surface area contributed by atoms with E-state index < -0.39 is 18.0 Å². The number of benzene rings is 2. The molecular weight excluding hydrogens is 382 g/mol. The number of Topliss-reactive ketones (excluding diaryl/α,β-unsaturated/α-hetero) is 1. The molecule has 0 bridgehead atoms. The largest absolute Gasteiger partial charge is 0.497 e. The molecule has 2 aromatic carbocycles. The zero-order chi connectivity index (χ0) is 20.3. The molecule has 0 saturated carbocycles. The van der Waals surface area contributed by atoms with E-state index in [4.69, 9.17) is 21.1 Å². The molecule has 0 radical (unpaired) electrons. The Bertz CT molecular complexity index is 879. The van der Waals surface area contributed by atoms with Crippen molar-refractivity contribution in [3.05, 3.63) is 59.1 Å². The normalized spacial score (nSPS) is 17.3. The summed E-state index contributed by atoms with van der Waals surface area (Å²) in [5, 5.41) is 0.567. The highest BCUT2D eigenvalue weighted by molar-refractivity contribution is 6.30. The molecule has 0 N–H and O–H groups in total. The second-order valence-electron chi connectivity index (χ2n) is 6.55. The van der Waals surface area contributed by atoms with Crippen molar-refractivity contribution in [2.45, 2.75) is 19.4 Å². The second kappa shape index (κ2) is 8.44. The van der Waals surface area contributed by atoms with Gasteiger partial charge in [-0.25, -0.2) is 0 Å². The van der Waals surface area contributed by atoms with Crippen LogP contribution in [0, 0.1) is 5.92 Å². The SMILES string of the molecule is COc1ccc(C(=O)[C@@H](C)OC(=O)[C@H]2CC(=O)N(c3ccc(Cl)cc3)C2)cc1. The first-order valence-electron chi connectivity index (χ1n) is 8.83. The van der Waals surface area contributed by atoms with Gasteiger partial charge in [-0.3, -0.25) is 14.4 Å². The number of carbonyl (C=O) groups excluding carboxylic acids is 3. The molecule has 1 heterocycles. The van der Waals surface area contributed by atoms with Gasteiger partial charge in [0.1, 0.15) is 5.75 Å². The fraction of sp³-hybridized carbons (Fsp3) is 0.286. The molecule has 0 unspecified atom stereocenters. The monoisotopic (exact) mass is 401 g/mol. The predicted molar refractivity (Wildman–Crippen MR) is 105 cm³/mol. The molecule has 1 saturated heterocycles. The lowest BCUT2D eigenvalue weighted by Crippen LogP contribution is -2.30. The Kier molecular flexibility index (Phi) is 5.99. The molecule has 1 aliphatic heterocycles. The highest BCUT2D eigenvalue weighted by atomic mass is 35.5. The Morgan fingerprint density at radius 2 is 1.75 bits per heavy atom. The predicted octanol–water partition coefficient (Wildman–Crippen LogP) is 3.52. The summed E-state index contributed by atoms with van der Waals surface area (Å²) in [6.07, 6.45) is -0.897. The summed E-state index contributed by atoms with van der Waals surface area (Å²) in [6.45, 7) is 1.74. The number of esters is 1. The Morgan fingerprint density at radius 1 is 1.11 bits per heavy atom. The summed E-state index contributed by atoms with van der Waals surface area (Å²) in [4.78, 5) is 38.8. The lowest BCUT2D eigenvalue weighted by atomic mass is 10.1. The van der Waals surface area contributed by atoms with Crippen LogP contribution < -0.4 is 9.64 Å². The van der Waals surface area contributed by atoms with Crippen LogP contribution in [0.3, 0.4) is 0 Å². The van der Waals surface area contributed by atoms with E-state index in [1.807, 2.05) is 0 Å². The molecule has 1 aliphatic rings. The number of methoxy groups -OCH3 is 1. The number of amides is 1. The van der Waals surface area contributed by atoms with Crippen LogP contribution in [0.15, 0.2) is 48.5 Å². The van der Waals surface area contributed by atoms with Crippen LogP contribution in [0.25, 0.3) is 0 Å². The van der Waals surface area contributed by atoms with E-state index in [1.54, 1.807) is 48.5 Å². The van der Waals surface area contributed by atoms with Crippen LogP contribution in [-0.4, -0.2) is 37.4 Å². The molecule has 2 aromatic rings. The Balaban J connectivity index is 1.61. The zero-order valence-electron chi connectivity index (χ0n) is 15.6. The number of ether oxygens (including phenoxy) is 2. The minimum absolute atomic E-state index is 0.0465. The van der Waals surface area contributed by atoms with Crippen molar-refractivity contribution in [1.29, 1.82) is 0 Å². The van der Waals surface area contributed by atoms with Gasteiger partial charge in [-0.15, -0.1) is 0 Å². The molecule has 6 nitrogen and oxygen atoms in total. The molecule has 0 spiro atoms. The van der Waals surface area contributed by atoms with Crippen molar-refractivity contribution in [2.75, 3.05) is 18.6 Å². The van der Waals surface area contributed by atoms with Crippen molar-refractivity contribution in [2.24, 2.45) is 5.92 Å². The van der Waals surface area contributed by atoms with Gasteiger partial charge in [0.2, 0.25) is 11.7 Å². The first kappa shape index (κ1) is 19.9. The topological polar surface area (TPSA) is 72.9 Å². The summed E-state index contributed by atoms with van der Waals surface area (Å²) in [7, 11) is 1.54.